The Morgan fingerprint density at radius 1 is 1.47 bits per heavy atom. The highest BCUT2D eigenvalue weighted by Gasteiger charge is 2.47. The van der Waals surface area contributed by atoms with Crippen LogP contribution in [0.3, 0.4) is 0 Å². The van der Waals surface area contributed by atoms with E-state index in [9.17, 15) is 4.79 Å². The summed E-state index contributed by atoms with van der Waals surface area (Å²) >= 11 is 5.12. The first-order valence-electron chi connectivity index (χ1n) is 6.30. The van der Waals surface area contributed by atoms with Gasteiger partial charge < -0.3 is 15.7 Å². The number of nitrogens with two attached hydrogens (primary N) is 1. The van der Waals surface area contributed by atoms with E-state index >= 15 is 0 Å². The molecule has 1 aliphatic carbocycles. The number of amides is 1. The van der Waals surface area contributed by atoms with Gasteiger partial charge in [-0.25, -0.2) is 0 Å². The molecule has 1 heterocycles. The van der Waals surface area contributed by atoms with E-state index in [4.69, 9.17) is 23.1 Å². The molecular weight excluding hydrogens is 236 g/mol. The molecule has 1 amide bonds. The summed E-state index contributed by atoms with van der Waals surface area (Å²) in [6.07, 6.45) is 4.53. The lowest BCUT2D eigenvalue weighted by molar-refractivity contribution is -0.137. The van der Waals surface area contributed by atoms with Crippen molar-refractivity contribution in [2.24, 2.45) is 17.1 Å². The minimum Gasteiger partial charge on any atom is -0.396 e. The maximum Gasteiger partial charge on any atom is 0.235 e. The molecule has 5 heteroatoms. The maximum atomic E-state index is 12.5. The average molecular weight is 256 g/mol. The summed E-state index contributed by atoms with van der Waals surface area (Å²) in [4.78, 5) is 14.7. The second-order valence-electron chi connectivity index (χ2n) is 5.24. The molecule has 3 N–H and O–H groups in total. The van der Waals surface area contributed by atoms with Crippen molar-refractivity contribution in [2.75, 3.05) is 19.7 Å². The highest BCUT2D eigenvalue weighted by Crippen LogP contribution is 2.41. The van der Waals surface area contributed by atoms with Gasteiger partial charge in [0.15, 0.2) is 0 Å². The van der Waals surface area contributed by atoms with Gasteiger partial charge in [-0.05, 0) is 19.3 Å². The minimum atomic E-state index is -0.584. The van der Waals surface area contributed by atoms with Gasteiger partial charge in [-0.3, -0.25) is 4.79 Å². The molecule has 2 aliphatic rings. The number of thiocarbonyl (C=S) groups is 1. The zero-order valence-corrected chi connectivity index (χ0v) is 10.8. The van der Waals surface area contributed by atoms with Crippen LogP contribution >= 0.6 is 12.2 Å². The van der Waals surface area contributed by atoms with E-state index in [0.717, 1.165) is 38.6 Å². The largest absolute Gasteiger partial charge is 0.396 e. The van der Waals surface area contributed by atoms with Gasteiger partial charge in [0, 0.05) is 25.6 Å². The van der Waals surface area contributed by atoms with Gasteiger partial charge in [0.2, 0.25) is 5.91 Å². The molecule has 0 bridgehead atoms. The van der Waals surface area contributed by atoms with Crippen molar-refractivity contribution < 1.29 is 9.90 Å². The average Bonchev–Trinajstić information content (AvgIpc) is 2.98. The van der Waals surface area contributed by atoms with Crippen molar-refractivity contribution in [1.29, 1.82) is 0 Å². The van der Waals surface area contributed by atoms with Crippen molar-refractivity contribution in [3.8, 4) is 0 Å². The normalized spacial score (nSPS) is 27.4. The lowest BCUT2D eigenvalue weighted by Gasteiger charge is -2.31. The number of nitrogens with zero attached hydrogens (tertiary/aromatic N) is 1. The predicted octanol–water partition coefficient (Wildman–Crippen LogP) is 0.674. The molecule has 4 nitrogen and oxygen atoms in total. The number of carbonyl (C=O) groups is 1. The molecule has 1 saturated heterocycles. The zero-order chi connectivity index (χ0) is 12.5. The Hall–Kier alpha value is -0.680. The molecule has 0 radical (unpaired) electrons. The van der Waals surface area contributed by atoms with Crippen molar-refractivity contribution in [3.05, 3.63) is 0 Å². The van der Waals surface area contributed by atoms with Crippen LogP contribution in [-0.4, -0.2) is 40.6 Å². The highest BCUT2D eigenvalue weighted by atomic mass is 32.1. The second kappa shape index (κ2) is 4.90. The monoisotopic (exact) mass is 256 g/mol. The molecule has 0 spiro atoms. The summed E-state index contributed by atoms with van der Waals surface area (Å²) < 4.78 is 0. The van der Waals surface area contributed by atoms with E-state index in [-0.39, 0.29) is 18.4 Å². The Morgan fingerprint density at radius 2 is 2.12 bits per heavy atom. The summed E-state index contributed by atoms with van der Waals surface area (Å²) in [5.41, 5.74) is 5.22. The van der Waals surface area contributed by atoms with Crippen LogP contribution in [0.25, 0.3) is 0 Å². The third-order valence-corrected chi connectivity index (χ3v) is 4.56. The number of aliphatic hydroxyl groups excluding tert-OH is 1. The summed E-state index contributed by atoms with van der Waals surface area (Å²) in [7, 11) is 0. The number of hydrogen-bond donors (Lipinski definition) is 2. The zero-order valence-electron chi connectivity index (χ0n) is 10.0. The second-order valence-corrected chi connectivity index (χ2v) is 5.68. The van der Waals surface area contributed by atoms with E-state index in [1.807, 2.05) is 4.90 Å². The molecule has 0 aromatic carbocycles. The molecule has 1 unspecified atom stereocenters. The number of aliphatic hydroxyl groups is 1. The van der Waals surface area contributed by atoms with Crippen LogP contribution in [0.4, 0.5) is 0 Å². The quantitative estimate of drug-likeness (QED) is 0.729. The first kappa shape index (κ1) is 12.8. The van der Waals surface area contributed by atoms with Crippen molar-refractivity contribution >= 4 is 23.1 Å². The van der Waals surface area contributed by atoms with Crippen LogP contribution in [-0.2, 0) is 4.79 Å². The van der Waals surface area contributed by atoms with Crippen molar-refractivity contribution in [3.63, 3.8) is 0 Å². The molecule has 17 heavy (non-hydrogen) atoms. The SMILES string of the molecule is NC(=S)C1(C(=O)N2CCC(CO)C2)CCCC1. The third kappa shape index (κ3) is 2.18. The first-order valence-corrected chi connectivity index (χ1v) is 6.71. The lowest BCUT2D eigenvalue weighted by Crippen LogP contribution is -2.48. The fourth-order valence-electron chi connectivity index (χ4n) is 3.01. The molecule has 1 saturated carbocycles. The van der Waals surface area contributed by atoms with Crippen LogP contribution in [0.15, 0.2) is 0 Å². The highest BCUT2D eigenvalue weighted by molar-refractivity contribution is 7.80. The molecule has 1 atom stereocenters. The van der Waals surface area contributed by atoms with Crippen LogP contribution < -0.4 is 5.73 Å². The standard InChI is InChI=1S/C12H20N2O2S/c13-10(17)12(4-1-2-5-12)11(16)14-6-3-9(7-14)8-15/h9,15H,1-8H2,(H2,13,17). The van der Waals surface area contributed by atoms with E-state index in [1.165, 1.54) is 0 Å². The molecule has 96 valence electrons. The Bertz CT molecular complexity index is 326. The van der Waals surface area contributed by atoms with Gasteiger partial charge in [-0.1, -0.05) is 25.1 Å². The summed E-state index contributed by atoms with van der Waals surface area (Å²) in [5.74, 6) is 0.321. The molecule has 2 fully saturated rings. The van der Waals surface area contributed by atoms with E-state index in [1.54, 1.807) is 0 Å². The van der Waals surface area contributed by atoms with Crippen molar-refractivity contribution in [1.82, 2.24) is 4.90 Å². The third-order valence-electron chi connectivity index (χ3n) is 4.17. The first-order chi connectivity index (χ1) is 8.10. The number of rotatable bonds is 3. The van der Waals surface area contributed by atoms with Crippen LogP contribution in [0.1, 0.15) is 32.1 Å². The van der Waals surface area contributed by atoms with Crippen LogP contribution in [0.5, 0.6) is 0 Å². The molecular formula is C12H20N2O2S. The Morgan fingerprint density at radius 3 is 2.59 bits per heavy atom. The van der Waals surface area contributed by atoms with E-state index in [0.29, 0.717) is 11.5 Å². The van der Waals surface area contributed by atoms with Crippen molar-refractivity contribution in [2.45, 2.75) is 32.1 Å². The van der Waals surface area contributed by atoms with Gasteiger partial charge in [0.25, 0.3) is 0 Å². The molecule has 1 aliphatic heterocycles. The number of carbonyl (C=O) groups excluding carboxylic acids is 1. The fraction of sp³-hybridized carbons (Fsp3) is 0.833. The Kier molecular flexibility index (Phi) is 3.68. The van der Waals surface area contributed by atoms with Gasteiger partial charge in [-0.15, -0.1) is 0 Å². The Labute approximate surface area is 107 Å². The summed E-state index contributed by atoms with van der Waals surface area (Å²) in [5, 5.41) is 9.12. The van der Waals surface area contributed by atoms with E-state index < -0.39 is 5.41 Å². The lowest BCUT2D eigenvalue weighted by atomic mass is 9.84. The van der Waals surface area contributed by atoms with Gasteiger partial charge in [0.05, 0.1) is 10.4 Å². The van der Waals surface area contributed by atoms with Crippen LogP contribution in [0, 0.1) is 11.3 Å². The van der Waals surface area contributed by atoms with E-state index in [2.05, 4.69) is 0 Å². The number of likely N-dealkylation sites (tertiary alicyclic amines) is 1. The summed E-state index contributed by atoms with van der Waals surface area (Å²) in [6.45, 7) is 1.54. The van der Waals surface area contributed by atoms with Crippen LogP contribution in [0.2, 0.25) is 0 Å². The molecule has 0 aromatic rings. The smallest absolute Gasteiger partial charge is 0.235 e. The van der Waals surface area contributed by atoms with Gasteiger partial charge in [-0.2, -0.15) is 0 Å². The minimum absolute atomic E-state index is 0.0958. The predicted molar refractivity (Wildman–Crippen MR) is 69.5 cm³/mol. The molecule has 2 rings (SSSR count). The van der Waals surface area contributed by atoms with Gasteiger partial charge >= 0.3 is 0 Å². The fourth-order valence-corrected chi connectivity index (χ4v) is 3.30. The Balaban J connectivity index is 2.10. The molecule has 0 aromatic heterocycles. The van der Waals surface area contributed by atoms with Gasteiger partial charge in [0.1, 0.15) is 0 Å². The topological polar surface area (TPSA) is 66.6 Å². The number of hydrogen-bond acceptors (Lipinski definition) is 3. The summed E-state index contributed by atoms with van der Waals surface area (Å²) in [6, 6.07) is 0. The maximum absolute atomic E-state index is 12.5.